The summed E-state index contributed by atoms with van der Waals surface area (Å²) in [6.45, 7) is 0.743. The van der Waals surface area contributed by atoms with Crippen molar-refractivity contribution in [1.82, 2.24) is 29.1 Å². The zero-order chi connectivity index (χ0) is 22.9. The van der Waals surface area contributed by atoms with Gasteiger partial charge in [-0.25, -0.2) is 14.5 Å². The van der Waals surface area contributed by atoms with Crippen LogP contribution >= 0.6 is 0 Å². The molecular weight excluding hydrogens is 424 g/mol. The molecule has 2 aromatic carbocycles. The fraction of sp³-hybridized carbons (Fsp3) is 0.111. The van der Waals surface area contributed by atoms with E-state index in [1.807, 2.05) is 48.5 Å². The van der Waals surface area contributed by atoms with Crippen molar-refractivity contribution >= 4 is 16.7 Å². The van der Waals surface area contributed by atoms with E-state index in [-0.39, 0.29) is 6.61 Å². The molecule has 0 aliphatic carbocycles. The molecule has 166 valence electrons. The molecule has 0 bridgehead atoms. The second-order valence-electron chi connectivity index (χ2n) is 8.07. The molecule has 4 aromatic heterocycles. The van der Waals surface area contributed by atoms with E-state index in [4.69, 9.17) is 15.1 Å². The molecule has 0 spiro atoms. The number of fused-ring (bicyclic) bond motifs is 3. The average molecular weight is 447 g/mol. The molecule has 4 heterocycles. The Morgan fingerprint density at radius 2 is 1.47 bits per heavy atom. The van der Waals surface area contributed by atoms with Crippen LogP contribution in [0.1, 0.15) is 6.42 Å². The zero-order valence-electron chi connectivity index (χ0n) is 18.4. The number of aromatic nitrogens is 6. The van der Waals surface area contributed by atoms with E-state index in [1.54, 1.807) is 23.2 Å². The third-order valence-electron chi connectivity index (χ3n) is 5.97. The van der Waals surface area contributed by atoms with Crippen LogP contribution in [0.5, 0.6) is 0 Å². The van der Waals surface area contributed by atoms with Crippen LogP contribution in [-0.2, 0) is 6.54 Å². The van der Waals surface area contributed by atoms with Crippen molar-refractivity contribution in [1.29, 1.82) is 0 Å². The standard InChI is InChI=1S/C27H22N6O/c34-17-7-16-32-24(20-10-5-2-6-11-20)22(19-8-3-1-4-9-19)23-26(32)29-18-33-27(23)30-25(31-33)21-12-14-28-15-13-21/h1-6,8-15,18,34H,7,16-17H2. The van der Waals surface area contributed by atoms with Gasteiger partial charge in [-0.1, -0.05) is 60.7 Å². The van der Waals surface area contributed by atoms with Gasteiger partial charge < -0.3 is 9.67 Å². The Morgan fingerprint density at radius 3 is 2.18 bits per heavy atom. The zero-order valence-corrected chi connectivity index (χ0v) is 18.4. The van der Waals surface area contributed by atoms with Crippen molar-refractivity contribution in [2.24, 2.45) is 0 Å². The molecule has 6 rings (SSSR count). The van der Waals surface area contributed by atoms with E-state index >= 15 is 0 Å². The Kier molecular flexibility index (Phi) is 5.08. The van der Waals surface area contributed by atoms with Crippen LogP contribution < -0.4 is 0 Å². The largest absolute Gasteiger partial charge is 0.396 e. The topological polar surface area (TPSA) is 81.1 Å². The van der Waals surface area contributed by atoms with Gasteiger partial charge in [-0.05, 0) is 29.7 Å². The highest BCUT2D eigenvalue weighted by atomic mass is 16.3. The Hall–Kier alpha value is -4.36. The Morgan fingerprint density at radius 1 is 0.765 bits per heavy atom. The first-order valence-corrected chi connectivity index (χ1v) is 11.2. The summed E-state index contributed by atoms with van der Waals surface area (Å²) < 4.78 is 3.94. The summed E-state index contributed by atoms with van der Waals surface area (Å²) in [6.07, 6.45) is 5.82. The first kappa shape index (κ1) is 20.3. The minimum atomic E-state index is 0.105. The summed E-state index contributed by atoms with van der Waals surface area (Å²) in [4.78, 5) is 13.9. The maximum absolute atomic E-state index is 9.62. The van der Waals surface area contributed by atoms with Gasteiger partial charge in [-0.2, -0.15) is 0 Å². The number of rotatable bonds is 6. The summed E-state index contributed by atoms with van der Waals surface area (Å²) in [5.41, 5.74) is 6.76. The molecule has 6 aromatic rings. The normalized spacial score (nSPS) is 11.4. The van der Waals surface area contributed by atoms with Crippen LogP contribution in [0.4, 0.5) is 0 Å². The van der Waals surface area contributed by atoms with E-state index in [2.05, 4.69) is 33.8 Å². The van der Waals surface area contributed by atoms with Crippen LogP contribution in [-0.4, -0.2) is 40.8 Å². The van der Waals surface area contributed by atoms with Crippen molar-refractivity contribution in [3.63, 3.8) is 0 Å². The first-order chi connectivity index (χ1) is 16.8. The molecule has 0 saturated carbocycles. The SMILES string of the molecule is OCCCn1c(-c2ccccc2)c(-c2ccccc2)c2c1ncn1nc(-c3ccncc3)nc21. The molecule has 0 amide bonds. The average Bonchev–Trinajstić information content (AvgIpc) is 3.48. The van der Waals surface area contributed by atoms with Gasteiger partial charge in [-0.15, -0.1) is 5.10 Å². The molecule has 7 heteroatoms. The monoisotopic (exact) mass is 446 g/mol. The third kappa shape index (κ3) is 3.34. The number of aliphatic hydroxyl groups excluding tert-OH is 1. The Labute approximate surface area is 196 Å². The van der Waals surface area contributed by atoms with Crippen LogP contribution in [0.15, 0.2) is 91.5 Å². The van der Waals surface area contributed by atoms with Crippen molar-refractivity contribution in [3.05, 3.63) is 91.5 Å². The van der Waals surface area contributed by atoms with Gasteiger partial charge in [0.15, 0.2) is 11.5 Å². The van der Waals surface area contributed by atoms with Crippen molar-refractivity contribution in [2.75, 3.05) is 6.61 Å². The molecule has 0 atom stereocenters. The lowest BCUT2D eigenvalue weighted by Crippen LogP contribution is -2.04. The summed E-state index contributed by atoms with van der Waals surface area (Å²) in [6, 6.07) is 24.5. The predicted octanol–water partition coefficient (Wildman–Crippen LogP) is 4.86. The summed E-state index contributed by atoms with van der Waals surface area (Å²) >= 11 is 0. The maximum Gasteiger partial charge on any atom is 0.182 e. The highest BCUT2D eigenvalue weighted by molar-refractivity contribution is 6.09. The van der Waals surface area contributed by atoms with Gasteiger partial charge >= 0.3 is 0 Å². The van der Waals surface area contributed by atoms with E-state index in [1.165, 1.54) is 0 Å². The van der Waals surface area contributed by atoms with Crippen LogP contribution in [0.2, 0.25) is 0 Å². The summed E-state index contributed by atoms with van der Waals surface area (Å²) in [7, 11) is 0. The molecular formula is C27H22N6O. The quantitative estimate of drug-likeness (QED) is 0.395. The molecule has 0 fully saturated rings. The van der Waals surface area contributed by atoms with E-state index in [9.17, 15) is 5.11 Å². The maximum atomic E-state index is 9.62. The van der Waals surface area contributed by atoms with E-state index < -0.39 is 0 Å². The first-order valence-electron chi connectivity index (χ1n) is 11.2. The number of pyridine rings is 1. The Bertz CT molecular complexity index is 1570. The van der Waals surface area contributed by atoms with Crippen molar-refractivity contribution in [2.45, 2.75) is 13.0 Å². The number of hydrogen-bond donors (Lipinski definition) is 1. The highest BCUT2D eigenvalue weighted by Crippen LogP contribution is 2.42. The number of hydrogen-bond acceptors (Lipinski definition) is 5. The smallest absolute Gasteiger partial charge is 0.182 e. The molecule has 7 nitrogen and oxygen atoms in total. The lowest BCUT2D eigenvalue weighted by atomic mass is 9.99. The Balaban J connectivity index is 1.74. The molecule has 0 aliphatic heterocycles. The fourth-order valence-corrected chi connectivity index (χ4v) is 4.49. The molecule has 34 heavy (non-hydrogen) atoms. The lowest BCUT2D eigenvalue weighted by molar-refractivity contribution is 0.281. The van der Waals surface area contributed by atoms with Crippen LogP contribution in [0.25, 0.3) is 50.5 Å². The van der Waals surface area contributed by atoms with Gasteiger partial charge in [0.25, 0.3) is 0 Å². The van der Waals surface area contributed by atoms with Gasteiger partial charge in [0.1, 0.15) is 12.0 Å². The minimum absolute atomic E-state index is 0.105. The summed E-state index contributed by atoms with van der Waals surface area (Å²) in [5, 5.41) is 15.3. The van der Waals surface area contributed by atoms with Crippen LogP contribution in [0, 0.1) is 0 Å². The molecule has 0 aliphatic rings. The predicted molar refractivity (Wildman–Crippen MR) is 132 cm³/mol. The molecule has 0 saturated heterocycles. The number of nitrogens with zero attached hydrogens (tertiary/aromatic N) is 6. The van der Waals surface area contributed by atoms with E-state index in [0.29, 0.717) is 18.8 Å². The molecule has 1 N–H and O–H groups in total. The number of aliphatic hydroxyl groups is 1. The van der Waals surface area contributed by atoms with Gasteiger partial charge in [0.05, 0.1) is 11.1 Å². The van der Waals surface area contributed by atoms with E-state index in [0.717, 1.165) is 44.6 Å². The second kappa shape index (κ2) is 8.53. The molecule has 0 radical (unpaired) electrons. The lowest BCUT2D eigenvalue weighted by Gasteiger charge is -2.12. The summed E-state index contributed by atoms with van der Waals surface area (Å²) in [5.74, 6) is 0.625. The van der Waals surface area contributed by atoms with Crippen molar-refractivity contribution < 1.29 is 5.11 Å². The highest BCUT2D eigenvalue weighted by Gasteiger charge is 2.24. The minimum Gasteiger partial charge on any atom is -0.396 e. The van der Waals surface area contributed by atoms with Gasteiger partial charge in [-0.3, -0.25) is 4.98 Å². The van der Waals surface area contributed by atoms with Crippen LogP contribution in [0.3, 0.4) is 0 Å². The number of benzene rings is 2. The molecule has 0 unspecified atom stereocenters. The third-order valence-corrected chi connectivity index (χ3v) is 5.97. The van der Waals surface area contributed by atoms with Crippen molar-refractivity contribution in [3.8, 4) is 33.8 Å². The van der Waals surface area contributed by atoms with Gasteiger partial charge in [0, 0.05) is 36.7 Å². The fourth-order valence-electron chi connectivity index (χ4n) is 4.49. The second-order valence-corrected chi connectivity index (χ2v) is 8.07. The number of aryl methyl sites for hydroxylation is 1. The van der Waals surface area contributed by atoms with Gasteiger partial charge in [0.2, 0.25) is 0 Å².